The van der Waals surface area contributed by atoms with Gasteiger partial charge in [0.05, 0.1) is 10.2 Å². The number of hydrogen-bond acceptors (Lipinski definition) is 1. The van der Waals surface area contributed by atoms with Crippen LogP contribution in [-0.4, -0.2) is 18.6 Å². The van der Waals surface area contributed by atoms with Crippen molar-refractivity contribution in [3.05, 3.63) is 11.0 Å². The molecule has 3 heteroatoms. The second-order valence-electron chi connectivity index (χ2n) is 3.77. The predicted octanol–water partition coefficient (Wildman–Crippen LogP) is 1.45. The van der Waals surface area contributed by atoms with E-state index in [-0.39, 0.29) is 0 Å². The van der Waals surface area contributed by atoms with Gasteiger partial charge in [-0.1, -0.05) is 0 Å². The molecule has 0 aliphatic rings. The van der Waals surface area contributed by atoms with Crippen LogP contribution in [0.15, 0.2) is 11.0 Å². The van der Waals surface area contributed by atoms with Crippen molar-refractivity contribution in [2.75, 3.05) is 0 Å². The third kappa shape index (κ3) is 4.82. The molecule has 0 aromatic rings. The Labute approximate surface area is 68.0 Å². The molecule has 0 heterocycles. The van der Waals surface area contributed by atoms with Crippen molar-refractivity contribution in [3.8, 4) is 0 Å². The minimum atomic E-state index is -1.31. The molecule has 0 aromatic heterocycles. The van der Waals surface area contributed by atoms with Crippen molar-refractivity contribution < 1.29 is 4.43 Å². The van der Waals surface area contributed by atoms with Crippen molar-refractivity contribution in [1.82, 2.24) is 0 Å². The minimum absolute atomic E-state index is 1.05. The zero-order valence-corrected chi connectivity index (χ0v) is 10.9. The molecule has 0 rings (SSSR count). The van der Waals surface area contributed by atoms with E-state index >= 15 is 0 Å². The summed E-state index contributed by atoms with van der Waals surface area (Å²) in [6, 6.07) is 0. The van der Waals surface area contributed by atoms with Gasteiger partial charge in [-0.2, -0.15) is 0 Å². The fraction of sp³-hybridized carbons (Fsp3) is 0.714. The van der Waals surface area contributed by atoms with E-state index in [1.807, 2.05) is 0 Å². The third-order valence-corrected chi connectivity index (χ3v) is 3.69. The van der Waals surface area contributed by atoms with Crippen LogP contribution < -0.4 is 0 Å². The normalized spacial score (nSPS) is 11.3. The summed E-state index contributed by atoms with van der Waals surface area (Å²) in [6.45, 7) is 10.9. The van der Waals surface area contributed by atoms with E-state index < -0.39 is 8.32 Å². The van der Waals surface area contributed by atoms with Gasteiger partial charge in [0.15, 0.2) is 0 Å². The number of allylic oxidation sites excluding steroid dienone is 1. The van der Waals surface area contributed by atoms with Gasteiger partial charge in [0.25, 0.3) is 0 Å². The Bertz CT molecular complexity index is 140. The first-order valence-electron chi connectivity index (χ1n) is 3.66. The standard InChI is InChI=1S/C7H18OSi2/c1-6(2)7(9)8-10(3,4)5/h1-5,9H3. The lowest BCUT2D eigenvalue weighted by Gasteiger charge is -2.20. The van der Waals surface area contributed by atoms with E-state index in [0.29, 0.717) is 0 Å². The highest BCUT2D eigenvalue weighted by Gasteiger charge is 2.15. The molecule has 0 aromatic carbocycles. The molecule has 0 fully saturated rings. The van der Waals surface area contributed by atoms with Gasteiger partial charge in [0, 0.05) is 5.38 Å². The van der Waals surface area contributed by atoms with Crippen LogP contribution in [0.5, 0.6) is 0 Å². The van der Waals surface area contributed by atoms with Gasteiger partial charge in [-0.3, -0.25) is 0 Å². The number of hydrogen-bond donors (Lipinski definition) is 0. The second-order valence-corrected chi connectivity index (χ2v) is 9.11. The summed E-state index contributed by atoms with van der Waals surface area (Å²) in [5.41, 5.74) is 1.34. The molecule has 0 spiro atoms. The first-order chi connectivity index (χ1) is 4.33. The van der Waals surface area contributed by atoms with E-state index in [2.05, 4.69) is 33.5 Å². The third-order valence-electron chi connectivity index (χ3n) is 1.16. The quantitative estimate of drug-likeness (QED) is 0.455. The Morgan fingerprint density at radius 2 is 1.60 bits per heavy atom. The molecule has 0 saturated carbocycles. The molecule has 0 atom stereocenters. The maximum absolute atomic E-state index is 5.78. The molecule has 10 heavy (non-hydrogen) atoms. The van der Waals surface area contributed by atoms with Crippen molar-refractivity contribution in [2.24, 2.45) is 0 Å². The lowest BCUT2D eigenvalue weighted by atomic mass is 10.4. The van der Waals surface area contributed by atoms with Gasteiger partial charge in [-0.25, -0.2) is 0 Å². The zero-order valence-electron chi connectivity index (χ0n) is 7.91. The fourth-order valence-electron chi connectivity index (χ4n) is 0.561. The molecule has 0 saturated heterocycles. The van der Waals surface area contributed by atoms with Crippen LogP contribution in [0.4, 0.5) is 0 Å². The van der Waals surface area contributed by atoms with Crippen LogP contribution in [0.2, 0.25) is 19.6 Å². The number of rotatable bonds is 2. The van der Waals surface area contributed by atoms with Crippen LogP contribution in [0.3, 0.4) is 0 Å². The Morgan fingerprint density at radius 3 is 1.70 bits per heavy atom. The van der Waals surface area contributed by atoms with Crippen LogP contribution in [0.1, 0.15) is 13.8 Å². The summed E-state index contributed by atoms with van der Waals surface area (Å²) in [7, 11) is -0.260. The molecule has 0 radical (unpaired) electrons. The summed E-state index contributed by atoms with van der Waals surface area (Å²) in [5.74, 6) is 0. The highest BCUT2D eigenvalue weighted by atomic mass is 28.4. The SMILES string of the molecule is CC(C)=C([SiH3])O[Si](C)(C)C. The topological polar surface area (TPSA) is 9.23 Å². The Balaban J connectivity index is 4.06. The zero-order chi connectivity index (χ0) is 8.36. The summed E-state index contributed by atoms with van der Waals surface area (Å²) in [5, 5.41) is 1.24. The van der Waals surface area contributed by atoms with E-state index in [1.54, 1.807) is 0 Å². The smallest absolute Gasteiger partial charge is 0.241 e. The Hall–Kier alpha value is -0.0262. The molecule has 0 N–H and O–H groups in total. The van der Waals surface area contributed by atoms with Gasteiger partial charge in [0.2, 0.25) is 8.32 Å². The van der Waals surface area contributed by atoms with Gasteiger partial charge in [-0.05, 0) is 39.1 Å². The summed E-state index contributed by atoms with van der Waals surface area (Å²) in [6.07, 6.45) is 0. The molecule has 0 unspecified atom stereocenters. The van der Waals surface area contributed by atoms with Crippen LogP contribution >= 0.6 is 0 Å². The molecule has 0 aliphatic carbocycles. The maximum Gasteiger partial charge on any atom is 0.241 e. The molecule has 0 bridgehead atoms. The van der Waals surface area contributed by atoms with Gasteiger partial charge in [-0.15, -0.1) is 0 Å². The van der Waals surface area contributed by atoms with E-state index in [9.17, 15) is 0 Å². The van der Waals surface area contributed by atoms with Crippen molar-refractivity contribution in [1.29, 1.82) is 0 Å². The fourth-order valence-corrected chi connectivity index (χ4v) is 3.52. The van der Waals surface area contributed by atoms with Gasteiger partial charge < -0.3 is 4.43 Å². The first-order valence-corrected chi connectivity index (χ1v) is 8.07. The van der Waals surface area contributed by atoms with Crippen LogP contribution in [0, 0.1) is 0 Å². The predicted molar refractivity (Wildman–Crippen MR) is 52.7 cm³/mol. The molecular weight excluding hydrogens is 156 g/mol. The minimum Gasteiger partial charge on any atom is -0.552 e. The second kappa shape index (κ2) is 3.39. The largest absolute Gasteiger partial charge is 0.552 e. The summed E-state index contributed by atoms with van der Waals surface area (Å²) in [4.78, 5) is 0. The lowest BCUT2D eigenvalue weighted by Crippen LogP contribution is -2.25. The average molecular weight is 174 g/mol. The Kier molecular flexibility index (Phi) is 3.38. The van der Waals surface area contributed by atoms with Crippen LogP contribution in [-0.2, 0) is 4.43 Å². The average Bonchev–Trinajstić information content (AvgIpc) is 1.60. The monoisotopic (exact) mass is 174 g/mol. The van der Waals surface area contributed by atoms with E-state index in [0.717, 1.165) is 10.2 Å². The van der Waals surface area contributed by atoms with Crippen molar-refractivity contribution >= 4 is 18.6 Å². The molecule has 0 amide bonds. The molecule has 1 nitrogen and oxygen atoms in total. The first kappa shape index (κ1) is 9.97. The van der Waals surface area contributed by atoms with E-state index in [4.69, 9.17) is 4.43 Å². The van der Waals surface area contributed by atoms with Gasteiger partial charge in [0.1, 0.15) is 0 Å². The summed E-state index contributed by atoms with van der Waals surface area (Å²) >= 11 is 0. The van der Waals surface area contributed by atoms with Crippen molar-refractivity contribution in [3.63, 3.8) is 0 Å². The highest BCUT2D eigenvalue weighted by Crippen LogP contribution is 2.10. The van der Waals surface area contributed by atoms with Crippen molar-refractivity contribution in [2.45, 2.75) is 33.5 Å². The lowest BCUT2D eigenvalue weighted by molar-refractivity contribution is 0.453. The molecule has 60 valence electrons. The maximum atomic E-state index is 5.78. The highest BCUT2D eigenvalue weighted by molar-refractivity contribution is 6.70. The Morgan fingerprint density at radius 1 is 1.20 bits per heavy atom. The molecule has 0 aliphatic heterocycles. The van der Waals surface area contributed by atoms with Crippen LogP contribution in [0.25, 0.3) is 0 Å². The summed E-state index contributed by atoms with van der Waals surface area (Å²) < 4.78 is 5.78. The van der Waals surface area contributed by atoms with E-state index in [1.165, 1.54) is 11.0 Å². The van der Waals surface area contributed by atoms with Gasteiger partial charge >= 0.3 is 0 Å². The molecular formula is C7H18OSi2.